The van der Waals surface area contributed by atoms with Crippen LogP contribution in [-0.2, 0) is 0 Å². The molecule has 0 saturated carbocycles. The highest BCUT2D eigenvalue weighted by molar-refractivity contribution is 6.99. The Morgan fingerprint density at radius 1 is 0.558 bits per heavy atom. The Morgan fingerprint density at radius 2 is 1.23 bits per heavy atom. The largest absolute Gasteiger partial charge is 0.458 e. The van der Waals surface area contributed by atoms with Gasteiger partial charge in [0.1, 0.15) is 11.5 Å². The number of nitrogens with zero attached hydrogens (tertiary/aromatic N) is 2. The van der Waals surface area contributed by atoms with Gasteiger partial charge in [-0.3, -0.25) is 0 Å². The minimum atomic E-state index is 0.0878. The standard InChI is InChI=1S/C39H27BN2O/c1-22-19-23(2)37(24(3)20-22)42-30-14-7-4-11-25(30)27-21-29-39-35(38(27)42)26-12-5-8-15-31(26)41(39)32-16-10-18-34-36(32)40(29)28-13-6-9-17-33(28)43-34/h4-21H,1-3H3. The van der Waals surface area contributed by atoms with Crippen LogP contribution >= 0.6 is 0 Å². The van der Waals surface area contributed by atoms with Crippen LogP contribution < -0.4 is 21.1 Å². The van der Waals surface area contributed by atoms with Gasteiger partial charge in [0.25, 0.3) is 6.71 Å². The first-order valence-electron chi connectivity index (χ1n) is 15.1. The molecule has 0 saturated heterocycles. The van der Waals surface area contributed by atoms with Crippen LogP contribution in [0, 0.1) is 20.8 Å². The van der Waals surface area contributed by atoms with Gasteiger partial charge in [0.15, 0.2) is 0 Å². The molecule has 6 aromatic carbocycles. The van der Waals surface area contributed by atoms with Crippen molar-refractivity contribution in [3.8, 4) is 22.9 Å². The summed E-state index contributed by atoms with van der Waals surface area (Å²) in [7, 11) is 0. The van der Waals surface area contributed by atoms with Gasteiger partial charge < -0.3 is 13.9 Å². The minimum Gasteiger partial charge on any atom is -0.458 e. The molecular formula is C39H27BN2O. The van der Waals surface area contributed by atoms with Crippen LogP contribution in [0.25, 0.3) is 55.0 Å². The molecule has 0 bridgehead atoms. The molecule has 0 N–H and O–H groups in total. The van der Waals surface area contributed by atoms with Crippen LogP contribution in [0.5, 0.6) is 11.5 Å². The van der Waals surface area contributed by atoms with Gasteiger partial charge in [-0.25, -0.2) is 0 Å². The molecule has 2 aromatic heterocycles. The van der Waals surface area contributed by atoms with E-state index in [1.165, 1.54) is 88.1 Å². The van der Waals surface area contributed by atoms with Crippen molar-refractivity contribution in [2.45, 2.75) is 20.8 Å². The summed E-state index contributed by atoms with van der Waals surface area (Å²) < 4.78 is 11.6. The van der Waals surface area contributed by atoms with E-state index >= 15 is 0 Å². The highest BCUT2D eigenvalue weighted by Crippen LogP contribution is 2.44. The first-order valence-corrected chi connectivity index (χ1v) is 15.1. The van der Waals surface area contributed by atoms with Crippen LogP contribution in [0.4, 0.5) is 0 Å². The topological polar surface area (TPSA) is 19.1 Å². The Kier molecular flexibility index (Phi) is 4.34. The summed E-state index contributed by atoms with van der Waals surface area (Å²) in [6.45, 7) is 6.79. The molecule has 0 spiro atoms. The highest BCUT2D eigenvalue weighted by atomic mass is 16.5. The van der Waals surface area contributed by atoms with Gasteiger partial charge in [-0.15, -0.1) is 0 Å². The zero-order valence-electron chi connectivity index (χ0n) is 24.3. The van der Waals surface area contributed by atoms with Crippen LogP contribution in [0.15, 0.2) is 109 Å². The predicted octanol–water partition coefficient (Wildman–Crippen LogP) is 7.74. The van der Waals surface area contributed by atoms with E-state index in [4.69, 9.17) is 4.74 Å². The third-order valence-corrected chi connectivity index (χ3v) is 9.79. The first-order chi connectivity index (χ1) is 21.1. The summed E-state index contributed by atoms with van der Waals surface area (Å²) in [6.07, 6.45) is 0. The van der Waals surface area contributed by atoms with Gasteiger partial charge in [-0.05, 0) is 78.6 Å². The zero-order chi connectivity index (χ0) is 28.6. The van der Waals surface area contributed by atoms with Gasteiger partial charge in [-0.1, -0.05) is 84.4 Å². The second kappa shape index (κ2) is 7.99. The molecule has 0 aliphatic carbocycles. The number of hydrogen-bond donors (Lipinski definition) is 0. The number of aromatic nitrogens is 2. The molecule has 0 fully saturated rings. The maximum absolute atomic E-state index is 6.56. The molecule has 3 nitrogen and oxygen atoms in total. The van der Waals surface area contributed by atoms with Crippen molar-refractivity contribution in [1.82, 2.24) is 9.13 Å². The Balaban J connectivity index is 1.50. The van der Waals surface area contributed by atoms with Crippen molar-refractivity contribution in [3.05, 3.63) is 126 Å². The van der Waals surface area contributed by atoms with Crippen molar-refractivity contribution < 1.29 is 4.74 Å². The van der Waals surface area contributed by atoms with Crippen LogP contribution in [0.2, 0.25) is 0 Å². The molecule has 10 rings (SSSR count). The van der Waals surface area contributed by atoms with E-state index in [1.54, 1.807) is 0 Å². The molecule has 0 atom stereocenters. The minimum absolute atomic E-state index is 0.0878. The fraction of sp³-hybridized carbons (Fsp3) is 0.0769. The number of rotatable bonds is 1. The Hall–Kier alpha value is -5.22. The predicted molar refractivity (Wildman–Crippen MR) is 181 cm³/mol. The fourth-order valence-corrected chi connectivity index (χ4v) is 8.38. The monoisotopic (exact) mass is 550 g/mol. The maximum atomic E-state index is 6.56. The second-order valence-electron chi connectivity index (χ2n) is 12.3. The molecule has 4 heterocycles. The van der Waals surface area contributed by atoms with Crippen LogP contribution in [0.1, 0.15) is 16.7 Å². The Labute approximate surface area is 249 Å². The molecule has 0 radical (unpaired) electrons. The third-order valence-electron chi connectivity index (χ3n) is 9.79. The van der Waals surface area contributed by atoms with E-state index < -0.39 is 0 Å². The van der Waals surface area contributed by atoms with Gasteiger partial charge in [0.05, 0.1) is 27.8 Å². The summed E-state index contributed by atoms with van der Waals surface area (Å²) in [5.41, 5.74) is 15.2. The summed E-state index contributed by atoms with van der Waals surface area (Å²) in [5.74, 6) is 1.90. The lowest BCUT2D eigenvalue weighted by molar-refractivity contribution is 0.487. The summed E-state index contributed by atoms with van der Waals surface area (Å²) in [4.78, 5) is 0. The first kappa shape index (κ1) is 23.4. The maximum Gasteiger partial charge on any atom is 0.256 e. The lowest BCUT2D eigenvalue weighted by Crippen LogP contribution is -2.58. The zero-order valence-corrected chi connectivity index (χ0v) is 24.3. The van der Waals surface area contributed by atoms with Crippen molar-refractivity contribution in [1.29, 1.82) is 0 Å². The number of para-hydroxylation sites is 3. The summed E-state index contributed by atoms with van der Waals surface area (Å²) in [6, 6.07) is 40.1. The van der Waals surface area contributed by atoms with E-state index in [1.807, 2.05) is 0 Å². The highest BCUT2D eigenvalue weighted by Gasteiger charge is 2.41. The number of benzene rings is 6. The molecule has 0 unspecified atom stereocenters. The van der Waals surface area contributed by atoms with Crippen molar-refractivity contribution >= 4 is 66.7 Å². The lowest BCUT2D eigenvalue weighted by Gasteiger charge is -2.33. The van der Waals surface area contributed by atoms with E-state index in [2.05, 4.69) is 139 Å². The van der Waals surface area contributed by atoms with E-state index in [-0.39, 0.29) is 6.71 Å². The van der Waals surface area contributed by atoms with Gasteiger partial charge in [-0.2, -0.15) is 0 Å². The number of aryl methyl sites for hydroxylation is 3. The molecule has 8 aromatic rings. The van der Waals surface area contributed by atoms with E-state index in [9.17, 15) is 0 Å². The van der Waals surface area contributed by atoms with E-state index in [0.717, 1.165) is 11.5 Å². The molecule has 2 aliphatic heterocycles. The molecule has 202 valence electrons. The third kappa shape index (κ3) is 2.81. The molecule has 2 aliphatic rings. The van der Waals surface area contributed by atoms with Crippen molar-refractivity contribution in [2.24, 2.45) is 0 Å². The fourth-order valence-electron chi connectivity index (χ4n) is 8.38. The second-order valence-corrected chi connectivity index (χ2v) is 12.3. The lowest BCUT2D eigenvalue weighted by atomic mass is 9.34. The SMILES string of the molecule is Cc1cc(C)c(-n2c3ccccc3c3cc4c5c(c6ccccc6n5-c5cccc6c5B4c4ccccc4O6)c32)c(C)c1. The van der Waals surface area contributed by atoms with E-state index in [0.29, 0.717) is 0 Å². The van der Waals surface area contributed by atoms with Crippen LogP contribution in [0.3, 0.4) is 0 Å². The number of fused-ring (bicyclic) bond motifs is 11. The summed E-state index contributed by atoms with van der Waals surface area (Å²) >= 11 is 0. The van der Waals surface area contributed by atoms with Crippen LogP contribution in [-0.4, -0.2) is 15.8 Å². The number of ether oxygens (including phenoxy) is 1. The molecule has 43 heavy (non-hydrogen) atoms. The smallest absolute Gasteiger partial charge is 0.256 e. The normalized spacial score (nSPS) is 13.1. The van der Waals surface area contributed by atoms with Gasteiger partial charge >= 0.3 is 0 Å². The van der Waals surface area contributed by atoms with Gasteiger partial charge in [0.2, 0.25) is 0 Å². The molecular weight excluding hydrogens is 523 g/mol. The van der Waals surface area contributed by atoms with Gasteiger partial charge in [0, 0.05) is 27.2 Å². The Bertz CT molecular complexity index is 2510. The number of hydrogen-bond acceptors (Lipinski definition) is 1. The summed E-state index contributed by atoms with van der Waals surface area (Å²) in [5, 5.41) is 5.18. The molecule has 0 amide bonds. The van der Waals surface area contributed by atoms with Crippen molar-refractivity contribution in [2.75, 3.05) is 0 Å². The molecule has 4 heteroatoms. The average molecular weight is 550 g/mol. The Morgan fingerprint density at radius 3 is 2.05 bits per heavy atom. The van der Waals surface area contributed by atoms with Crippen molar-refractivity contribution in [3.63, 3.8) is 0 Å². The quantitative estimate of drug-likeness (QED) is 0.191. The average Bonchev–Trinajstić information content (AvgIpc) is 3.52.